The molecule has 1 fully saturated rings. The summed E-state index contributed by atoms with van der Waals surface area (Å²) in [6.45, 7) is 2.83. The second-order valence-electron chi connectivity index (χ2n) is 4.89. The van der Waals surface area contributed by atoms with Gasteiger partial charge in [-0.3, -0.25) is 0 Å². The molecule has 4 heteroatoms. The van der Waals surface area contributed by atoms with Gasteiger partial charge in [0.15, 0.2) is 0 Å². The Morgan fingerprint density at radius 1 is 1.37 bits per heavy atom. The van der Waals surface area contributed by atoms with Gasteiger partial charge in [0.1, 0.15) is 17.7 Å². The van der Waals surface area contributed by atoms with E-state index in [1.807, 2.05) is 0 Å². The number of epoxide rings is 1. The minimum absolute atomic E-state index is 0.0296. The topological polar surface area (TPSA) is 42.0 Å². The van der Waals surface area contributed by atoms with E-state index in [0.717, 1.165) is 30.6 Å². The van der Waals surface area contributed by atoms with Gasteiger partial charge in [-0.1, -0.05) is 13.3 Å². The second kappa shape index (κ2) is 6.87. The zero-order valence-electron chi connectivity index (χ0n) is 11.3. The minimum Gasteiger partial charge on any atom is -0.493 e. The van der Waals surface area contributed by atoms with Gasteiger partial charge < -0.3 is 14.6 Å². The van der Waals surface area contributed by atoms with Crippen molar-refractivity contribution in [3.63, 3.8) is 0 Å². The van der Waals surface area contributed by atoms with Crippen molar-refractivity contribution in [3.8, 4) is 5.75 Å². The van der Waals surface area contributed by atoms with Crippen LogP contribution in [0.25, 0.3) is 0 Å². The van der Waals surface area contributed by atoms with Crippen LogP contribution in [0.1, 0.15) is 31.7 Å². The molecule has 19 heavy (non-hydrogen) atoms. The number of ether oxygens (including phenoxy) is 2. The monoisotopic (exact) mass is 268 g/mol. The van der Waals surface area contributed by atoms with Gasteiger partial charge in [-0.15, -0.1) is 0 Å². The highest BCUT2D eigenvalue weighted by Gasteiger charge is 2.37. The molecule has 1 heterocycles. The highest BCUT2D eigenvalue weighted by Crippen LogP contribution is 2.29. The summed E-state index contributed by atoms with van der Waals surface area (Å²) in [5, 5.41) is 8.91. The van der Waals surface area contributed by atoms with E-state index in [1.165, 1.54) is 12.1 Å². The normalized spacial score (nSPS) is 21.4. The molecule has 1 aromatic rings. The fourth-order valence-electron chi connectivity index (χ4n) is 2.10. The van der Waals surface area contributed by atoms with E-state index in [-0.39, 0.29) is 24.6 Å². The fraction of sp³-hybridized carbons (Fsp3) is 0.600. The molecule has 0 aliphatic carbocycles. The maximum atomic E-state index is 13.3. The molecule has 0 unspecified atom stereocenters. The van der Waals surface area contributed by atoms with Gasteiger partial charge in [0.2, 0.25) is 0 Å². The van der Waals surface area contributed by atoms with Gasteiger partial charge in [0, 0.05) is 0 Å². The van der Waals surface area contributed by atoms with Crippen LogP contribution in [0.5, 0.6) is 5.75 Å². The molecule has 0 amide bonds. The lowest BCUT2D eigenvalue weighted by Crippen LogP contribution is -2.03. The Morgan fingerprint density at radius 3 is 2.89 bits per heavy atom. The highest BCUT2D eigenvalue weighted by molar-refractivity contribution is 5.34. The summed E-state index contributed by atoms with van der Waals surface area (Å²) in [5.41, 5.74) is 0.878. The van der Waals surface area contributed by atoms with Crippen molar-refractivity contribution < 1.29 is 19.0 Å². The van der Waals surface area contributed by atoms with Crippen LogP contribution in [0.3, 0.4) is 0 Å². The first kappa shape index (κ1) is 14.3. The van der Waals surface area contributed by atoms with Crippen molar-refractivity contribution in [3.05, 3.63) is 29.6 Å². The molecule has 0 spiro atoms. The number of hydrogen-bond acceptors (Lipinski definition) is 3. The van der Waals surface area contributed by atoms with E-state index in [9.17, 15) is 4.39 Å². The molecule has 2 rings (SSSR count). The molecule has 0 radical (unpaired) electrons. The number of halogens is 1. The van der Waals surface area contributed by atoms with Gasteiger partial charge in [-0.25, -0.2) is 4.39 Å². The maximum absolute atomic E-state index is 13.3. The number of hydrogen-bond donors (Lipinski definition) is 1. The lowest BCUT2D eigenvalue weighted by molar-refractivity contribution is 0.241. The summed E-state index contributed by atoms with van der Waals surface area (Å²) in [5.74, 6) is 0.518. The Balaban J connectivity index is 1.90. The van der Waals surface area contributed by atoms with Crippen LogP contribution in [0.2, 0.25) is 0 Å². The quantitative estimate of drug-likeness (QED) is 0.582. The molecule has 1 aliphatic heterocycles. The predicted molar refractivity (Wildman–Crippen MR) is 70.9 cm³/mol. The smallest absolute Gasteiger partial charge is 0.123 e. The summed E-state index contributed by atoms with van der Waals surface area (Å²) in [6, 6.07) is 4.64. The third-order valence-corrected chi connectivity index (χ3v) is 3.34. The number of benzene rings is 1. The second-order valence-corrected chi connectivity index (χ2v) is 4.89. The minimum atomic E-state index is -0.242. The molecule has 1 aliphatic rings. The van der Waals surface area contributed by atoms with E-state index < -0.39 is 0 Å². The molecule has 106 valence electrons. The number of unbranched alkanes of at least 4 members (excludes halogenated alkanes) is 1. The van der Waals surface area contributed by atoms with Crippen LogP contribution in [0, 0.1) is 5.82 Å². The number of aliphatic hydroxyl groups is 1. The van der Waals surface area contributed by atoms with Crippen molar-refractivity contribution in [1.29, 1.82) is 0 Å². The molecule has 1 aromatic carbocycles. The first-order valence-electron chi connectivity index (χ1n) is 6.92. The molecule has 1 saturated heterocycles. The summed E-state index contributed by atoms with van der Waals surface area (Å²) < 4.78 is 24.2. The van der Waals surface area contributed by atoms with Crippen LogP contribution in [0.4, 0.5) is 4.39 Å². The van der Waals surface area contributed by atoms with Gasteiger partial charge in [-0.05, 0) is 43.0 Å². The average molecular weight is 268 g/mol. The maximum Gasteiger partial charge on any atom is 0.123 e. The first-order valence-corrected chi connectivity index (χ1v) is 6.92. The summed E-state index contributed by atoms with van der Waals surface area (Å²) in [7, 11) is 0. The Labute approximate surface area is 113 Å². The van der Waals surface area contributed by atoms with Crippen molar-refractivity contribution in [2.75, 3.05) is 13.2 Å². The summed E-state index contributed by atoms with van der Waals surface area (Å²) in [4.78, 5) is 0. The van der Waals surface area contributed by atoms with Crippen LogP contribution < -0.4 is 4.74 Å². The van der Waals surface area contributed by atoms with Crippen LogP contribution in [-0.2, 0) is 11.2 Å². The molecule has 0 aromatic heterocycles. The summed E-state index contributed by atoms with van der Waals surface area (Å²) >= 11 is 0. The Morgan fingerprint density at radius 2 is 2.21 bits per heavy atom. The van der Waals surface area contributed by atoms with Gasteiger partial charge in [0.25, 0.3) is 0 Å². The Kier molecular flexibility index (Phi) is 5.16. The number of aryl methyl sites for hydroxylation is 1. The first-order chi connectivity index (χ1) is 9.24. The summed E-state index contributed by atoms with van der Waals surface area (Å²) in [6.07, 6.45) is 3.65. The molecule has 3 nitrogen and oxygen atoms in total. The largest absolute Gasteiger partial charge is 0.493 e. The van der Waals surface area contributed by atoms with Gasteiger partial charge in [-0.2, -0.15) is 0 Å². The lowest BCUT2D eigenvalue weighted by Gasteiger charge is -2.11. The van der Waals surface area contributed by atoms with Gasteiger partial charge in [0.05, 0.1) is 19.3 Å². The van der Waals surface area contributed by atoms with Crippen molar-refractivity contribution >= 4 is 0 Å². The average Bonchev–Trinajstić information content (AvgIpc) is 3.17. The third kappa shape index (κ3) is 4.18. The zero-order valence-corrected chi connectivity index (χ0v) is 11.3. The standard InChI is InChI=1S/C15H21FO3/c1-2-3-8-18-13-7-5-12(16)9-11(13)4-6-14-15(10-17)19-14/h5,7,9,14-15,17H,2-4,6,8,10H2,1H3/t14-,15+/m0/s1. The Hall–Kier alpha value is -1.13. The highest BCUT2D eigenvalue weighted by atomic mass is 19.1. The fourth-order valence-corrected chi connectivity index (χ4v) is 2.10. The van der Waals surface area contributed by atoms with E-state index in [4.69, 9.17) is 14.6 Å². The molecular formula is C15H21FO3. The van der Waals surface area contributed by atoms with Crippen LogP contribution >= 0.6 is 0 Å². The lowest BCUT2D eigenvalue weighted by atomic mass is 10.1. The predicted octanol–water partition coefficient (Wildman–Crippen LogP) is 2.70. The molecule has 1 N–H and O–H groups in total. The molecule has 0 saturated carbocycles. The number of rotatable bonds is 8. The van der Waals surface area contributed by atoms with E-state index in [0.29, 0.717) is 13.0 Å². The zero-order chi connectivity index (χ0) is 13.7. The van der Waals surface area contributed by atoms with Crippen molar-refractivity contribution in [2.45, 2.75) is 44.8 Å². The Bertz CT molecular complexity index is 408. The number of aliphatic hydroxyl groups excluding tert-OH is 1. The van der Waals surface area contributed by atoms with E-state index in [2.05, 4.69) is 6.92 Å². The third-order valence-electron chi connectivity index (χ3n) is 3.34. The van der Waals surface area contributed by atoms with Crippen LogP contribution in [0.15, 0.2) is 18.2 Å². The molecular weight excluding hydrogens is 247 g/mol. The van der Waals surface area contributed by atoms with E-state index in [1.54, 1.807) is 6.07 Å². The van der Waals surface area contributed by atoms with Crippen LogP contribution in [-0.4, -0.2) is 30.5 Å². The van der Waals surface area contributed by atoms with E-state index >= 15 is 0 Å². The SMILES string of the molecule is CCCCOc1ccc(F)cc1CC[C@@H]1O[C@@H]1CO. The molecule has 0 bridgehead atoms. The van der Waals surface area contributed by atoms with Crippen molar-refractivity contribution in [1.82, 2.24) is 0 Å². The van der Waals surface area contributed by atoms with Crippen molar-refractivity contribution in [2.24, 2.45) is 0 Å². The molecule has 2 atom stereocenters. The van der Waals surface area contributed by atoms with Gasteiger partial charge >= 0.3 is 0 Å².